The second-order valence-electron chi connectivity index (χ2n) is 8.91. The van der Waals surface area contributed by atoms with E-state index in [0.29, 0.717) is 17.2 Å². The zero-order valence-electron chi connectivity index (χ0n) is 21.4. The smallest absolute Gasteiger partial charge is 0.292 e. The first-order chi connectivity index (χ1) is 18.5. The van der Waals surface area contributed by atoms with Gasteiger partial charge < -0.3 is 14.2 Å². The molecule has 186 valence electrons. The molecule has 4 rings (SSSR count). The highest BCUT2D eigenvalue weighted by Gasteiger charge is 2.23. The van der Waals surface area contributed by atoms with Crippen molar-refractivity contribution >= 4 is 0 Å². The topological polar surface area (TPSA) is 99.1 Å². The Hall–Kier alpha value is -5.25. The van der Waals surface area contributed by atoms with Crippen LogP contribution < -0.4 is 14.2 Å². The van der Waals surface area contributed by atoms with Crippen LogP contribution in [0.1, 0.15) is 37.8 Å². The number of aryl methyl sites for hydroxylation is 1. The molecule has 0 aliphatic carbocycles. The number of ether oxygens (including phenoxy) is 3. The van der Waals surface area contributed by atoms with Crippen molar-refractivity contribution in [2.45, 2.75) is 33.1 Å². The van der Waals surface area contributed by atoms with Crippen molar-refractivity contribution in [3.63, 3.8) is 0 Å². The highest BCUT2D eigenvalue weighted by molar-refractivity contribution is 5.93. The summed E-state index contributed by atoms with van der Waals surface area (Å²) in [6.45, 7) is 6.46. The predicted octanol–water partition coefficient (Wildman–Crippen LogP) is 7.95. The Morgan fingerprint density at radius 3 is 1.37 bits per heavy atom. The maximum atomic E-state index is 8.93. The molecule has 0 unspecified atom stereocenters. The zero-order chi connectivity index (χ0) is 27.1. The molecule has 0 aromatic heterocycles. The van der Waals surface area contributed by atoms with Crippen molar-refractivity contribution in [3.05, 3.63) is 90.0 Å². The Kier molecular flexibility index (Phi) is 7.92. The van der Waals surface area contributed by atoms with Crippen molar-refractivity contribution in [2.24, 2.45) is 0 Å². The summed E-state index contributed by atoms with van der Waals surface area (Å²) in [6.07, 6.45) is 5.94. The van der Waals surface area contributed by atoms with Crippen LogP contribution in [0.5, 0.6) is 17.2 Å². The molecule has 6 nitrogen and oxygen atoms in total. The summed E-state index contributed by atoms with van der Waals surface area (Å²) in [6, 6.07) is 24.8. The molecule has 38 heavy (non-hydrogen) atoms. The van der Waals surface area contributed by atoms with E-state index in [0.717, 1.165) is 50.9 Å². The molecular formula is C32H25N3O3. The molecule has 0 heterocycles. The average molecular weight is 500 g/mol. The maximum absolute atomic E-state index is 8.93. The molecule has 0 aliphatic heterocycles. The van der Waals surface area contributed by atoms with Crippen molar-refractivity contribution < 1.29 is 14.2 Å². The van der Waals surface area contributed by atoms with Gasteiger partial charge in [-0.2, -0.15) is 0 Å². The van der Waals surface area contributed by atoms with Crippen LogP contribution in [0.25, 0.3) is 33.4 Å². The van der Waals surface area contributed by atoms with E-state index < -0.39 is 0 Å². The lowest BCUT2D eigenvalue weighted by atomic mass is 9.78. The number of rotatable bonds is 8. The third kappa shape index (κ3) is 5.29. The monoisotopic (exact) mass is 499 g/mol. The van der Waals surface area contributed by atoms with E-state index in [1.165, 1.54) is 0 Å². The molecule has 0 bridgehead atoms. The van der Waals surface area contributed by atoms with E-state index in [9.17, 15) is 0 Å². The van der Waals surface area contributed by atoms with E-state index in [1.54, 1.807) is 55.2 Å². The first kappa shape index (κ1) is 25.8. The Morgan fingerprint density at radius 1 is 0.605 bits per heavy atom. The van der Waals surface area contributed by atoms with Gasteiger partial charge >= 0.3 is 0 Å². The highest BCUT2D eigenvalue weighted by atomic mass is 16.5. The standard InChI is InChI=1S/C32H25N3O3/c1-4-22-17-29(23-5-11-26(12-6-23)36-18-33)30(21(2)3)32(25-9-15-28(16-10-25)38-20-35)31(22)24-7-13-27(14-8-24)37-19-34/h5-17,21H,4H2,1-3H3. The van der Waals surface area contributed by atoms with Gasteiger partial charge in [0.2, 0.25) is 0 Å². The van der Waals surface area contributed by atoms with Crippen LogP contribution in [0.3, 0.4) is 0 Å². The Morgan fingerprint density at radius 2 is 1.00 bits per heavy atom. The lowest BCUT2D eigenvalue weighted by molar-refractivity contribution is 0.507. The minimum Gasteiger partial charge on any atom is -0.388 e. The number of nitrogens with zero attached hydrogens (tertiary/aromatic N) is 3. The molecule has 0 saturated carbocycles. The van der Waals surface area contributed by atoms with Crippen molar-refractivity contribution in [3.8, 4) is 69.4 Å². The number of nitriles is 3. The van der Waals surface area contributed by atoms with Crippen LogP contribution in [-0.2, 0) is 6.42 Å². The average Bonchev–Trinajstić information content (AvgIpc) is 2.94. The van der Waals surface area contributed by atoms with Gasteiger partial charge in [0, 0.05) is 0 Å². The zero-order valence-corrected chi connectivity index (χ0v) is 21.4. The van der Waals surface area contributed by atoms with Gasteiger partial charge in [-0.3, -0.25) is 0 Å². The molecule has 0 saturated heterocycles. The van der Waals surface area contributed by atoms with Gasteiger partial charge in [-0.15, -0.1) is 15.8 Å². The molecule has 0 fully saturated rings. The second-order valence-corrected chi connectivity index (χ2v) is 8.91. The summed E-state index contributed by atoms with van der Waals surface area (Å²) in [5, 5.41) is 26.7. The van der Waals surface area contributed by atoms with Gasteiger partial charge in [-0.1, -0.05) is 63.2 Å². The van der Waals surface area contributed by atoms with Crippen LogP contribution in [0, 0.1) is 34.6 Å². The molecule has 0 aliphatic rings. The molecule has 0 spiro atoms. The summed E-state index contributed by atoms with van der Waals surface area (Å²) in [5.41, 5.74) is 8.62. The van der Waals surface area contributed by atoms with Gasteiger partial charge in [-0.05, 0) is 93.2 Å². The van der Waals surface area contributed by atoms with Gasteiger partial charge in [0.05, 0.1) is 0 Å². The minimum atomic E-state index is 0.163. The van der Waals surface area contributed by atoms with Gasteiger partial charge in [0.1, 0.15) is 17.2 Å². The van der Waals surface area contributed by atoms with Gasteiger partial charge in [0.25, 0.3) is 18.8 Å². The van der Waals surface area contributed by atoms with Crippen molar-refractivity contribution in [1.82, 2.24) is 0 Å². The Balaban J connectivity index is 2.04. The minimum absolute atomic E-state index is 0.163. The van der Waals surface area contributed by atoms with Crippen LogP contribution in [0.4, 0.5) is 0 Å². The van der Waals surface area contributed by atoms with Crippen molar-refractivity contribution in [1.29, 1.82) is 15.8 Å². The van der Waals surface area contributed by atoms with Crippen LogP contribution in [0.15, 0.2) is 78.9 Å². The third-order valence-corrected chi connectivity index (χ3v) is 6.35. The molecule has 4 aromatic rings. The van der Waals surface area contributed by atoms with E-state index in [2.05, 4.69) is 26.8 Å². The predicted molar refractivity (Wildman–Crippen MR) is 145 cm³/mol. The molecule has 0 N–H and O–H groups in total. The normalized spacial score (nSPS) is 10.2. The molecule has 4 aromatic carbocycles. The van der Waals surface area contributed by atoms with Gasteiger partial charge in [0.15, 0.2) is 0 Å². The van der Waals surface area contributed by atoms with Crippen LogP contribution in [0.2, 0.25) is 0 Å². The fourth-order valence-corrected chi connectivity index (χ4v) is 4.74. The SMILES string of the molecule is CCc1cc(-c2ccc(OC#N)cc2)c(C(C)C)c(-c2ccc(OC#N)cc2)c1-c1ccc(OC#N)cc1. The molecule has 0 atom stereocenters. The van der Waals surface area contributed by atoms with Crippen LogP contribution >= 0.6 is 0 Å². The molecule has 0 amide bonds. The summed E-state index contributed by atoms with van der Waals surface area (Å²) in [7, 11) is 0. The fourth-order valence-electron chi connectivity index (χ4n) is 4.74. The lowest BCUT2D eigenvalue weighted by Gasteiger charge is -2.25. The molecule has 6 heteroatoms. The first-order valence-electron chi connectivity index (χ1n) is 12.2. The second kappa shape index (κ2) is 11.7. The number of benzene rings is 4. The maximum Gasteiger partial charge on any atom is 0.292 e. The van der Waals surface area contributed by atoms with Gasteiger partial charge in [-0.25, -0.2) is 0 Å². The number of hydrogen-bond acceptors (Lipinski definition) is 6. The lowest BCUT2D eigenvalue weighted by Crippen LogP contribution is -2.03. The number of hydrogen-bond donors (Lipinski definition) is 0. The highest BCUT2D eigenvalue weighted by Crippen LogP contribution is 2.46. The van der Waals surface area contributed by atoms with E-state index in [4.69, 9.17) is 30.0 Å². The molecular weight excluding hydrogens is 474 g/mol. The Bertz CT molecular complexity index is 1550. The fraction of sp³-hybridized carbons (Fsp3) is 0.156. The largest absolute Gasteiger partial charge is 0.388 e. The van der Waals surface area contributed by atoms with Crippen molar-refractivity contribution in [2.75, 3.05) is 0 Å². The summed E-state index contributed by atoms with van der Waals surface area (Å²) in [5.74, 6) is 1.61. The van der Waals surface area contributed by atoms with Crippen LogP contribution in [-0.4, -0.2) is 0 Å². The quantitative estimate of drug-likeness (QED) is 0.228. The summed E-state index contributed by atoms with van der Waals surface area (Å²) >= 11 is 0. The molecule has 0 radical (unpaired) electrons. The van der Waals surface area contributed by atoms with E-state index in [-0.39, 0.29) is 5.92 Å². The Labute approximate surface area is 222 Å². The van der Waals surface area contributed by atoms with E-state index >= 15 is 0 Å². The van der Waals surface area contributed by atoms with E-state index in [1.807, 2.05) is 36.4 Å². The first-order valence-corrected chi connectivity index (χ1v) is 12.2. The third-order valence-electron chi connectivity index (χ3n) is 6.35. The summed E-state index contributed by atoms with van der Waals surface area (Å²) < 4.78 is 15.0. The summed E-state index contributed by atoms with van der Waals surface area (Å²) in [4.78, 5) is 0.